The maximum absolute atomic E-state index is 12.8. The number of likely N-dealkylation sites (tertiary alicyclic amines) is 1. The van der Waals surface area contributed by atoms with E-state index in [0.29, 0.717) is 13.0 Å². The fourth-order valence-corrected chi connectivity index (χ4v) is 3.60. The summed E-state index contributed by atoms with van der Waals surface area (Å²) in [5, 5.41) is 9.41. The smallest absolute Gasteiger partial charge is 0.326 e. The van der Waals surface area contributed by atoms with Crippen LogP contribution in [-0.2, 0) is 4.79 Å². The maximum atomic E-state index is 12.8. The van der Waals surface area contributed by atoms with Crippen molar-refractivity contribution in [2.24, 2.45) is 0 Å². The van der Waals surface area contributed by atoms with Crippen molar-refractivity contribution in [1.29, 1.82) is 0 Å². The number of hydrogen-bond acceptors (Lipinski definition) is 2. The SMILES string of the molecule is CN(C(=O)N1CCCCCC1C(=O)O)C1CCCCCC1. The molecule has 2 fully saturated rings. The van der Waals surface area contributed by atoms with Crippen molar-refractivity contribution in [1.82, 2.24) is 9.80 Å². The molecule has 1 aliphatic carbocycles. The van der Waals surface area contributed by atoms with E-state index in [1.54, 1.807) is 4.90 Å². The van der Waals surface area contributed by atoms with Gasteiger partial charge < -0.3 is 14.9 Å². The van der Waals surface area contributed by atoms with Crippen molar-refractivity contribution in [3.8, 4) is 0 Å². The molecule has 1 heterocycles. The Bertz CT molecular complexity index is 365. The molecule has 1 N–H and O–H groups in total. The summed E-state index contributed by atoms with van der Waals surface area (Å²) < 4.78 is 0. The van der Waals surface area contributed by atoms with Gasteiger partial charge in [-0.05, 0) is 25.7 Å². The van der Waals surface area contributed by atoms with Gasteiger partial charge in [0, 0.05) is 19.6 Å². The number of carbonyl (C=O) groups is 2. The molecular formula is C16H28N2O3. The number of carbonyl (C=O) groups excluding carboxylic acids is 1. The van der Waals surface area contributed by atoms with Gasteiger partial charge in [-0.25, -0.2) is 9.59 Å². The van der Waals surface area contributed by atoms with E-state index in [-0.39, 0.29) is 12.1 Å². The predicted octanol–water partition coefficient (Wildman–Crippen LogP) is 3.09. The average Bonchev–Trinajstić information content (AvgIpc) is 2.88. The Balaban J connectivity index is 2.05. The van der Waals surface area contributed by atoms with Gasteiger partial charge in [0.1, 0.15) is 6.04 Å². The van der Waals surface area contributed by atoms with Gasteiger partial charge in [-0.1, -0.05) is 38.5 Å². The first kappa shape index (κ1) is 16.1. The van der Waals surface area contributed by atoms with Crippen LogP contribution in [0, 0.1) is 0 Å². The van der Waals surface area contributed by atoms with Crippen molar-refractivity contribution < 1.29 is 14.7 Å². The number of rotatable bonds is 2. The first-order chi connectivity index (χ1) is 10.1. The molecule has 0 bridgehead atoms. The summed E-state index contributed by atoms with van der Waals surface area (Å²) in [6.45, 7) is 0.576. The summed E-state index contributed by atoms with van der Waals surface area (Å²) in [5.74, 6) is -0.862. The van der Waals surface area contributed by atoms with Gasteiger partial charge in [0.25, 0.3) is 0 Å². The molecular weight excluding hydrogens is 268 g/mol. The summed E-state index contributed by atoms with van der Waals surface area (Å²) in [4.78, 5) is 27.6. The van der Waals surface area contributed by atoms with Gasteiger partial charge in [-0.3, -0.25) is 0 Å². The fourth-order valence-electron chi connectivity index (χ4n) is 3.60. The topological polar surface area (TPSA) is 60.9 Å². The Morgan fingerprint density at radius 2 is 1.52 bits per heavy atom. The summed E-state index contributed by atoms with van der Waals surface area (Å²) in [7, 11) is 1.85. The number of amides is 2. The van der Waals surface area contributed by atoms with E-state index in [1.165, 1.54) is 25.7 Å². The monoisotopic (exact) mass is 296 g/mol. The predicted molar refractivity (Wildman–Crippen MR) is 81.2 cm³/mol. The van der Waals surface area contributed by atoms with Gasteiger partial charge >= 0.3 is 12.0 Å². The number of urea groups is 1. The van der Waals surface area contributed by atoms with Crippen LogP contribution in [0.3, 0.4) is 0 Å². The Kier molecular flexibility index (Phi) is 5.88. The van der Waals surface area contributed by atoms with Gasteiger partial charge in [0.2, 0.25) is 0 Å². The summed E-state index contributed by atoms with van der Waals surface area (Å²) in [6, 6.07) is -0.456. The van der Waals surface area contributed by atoms with Crippen LogP contribution in [0.5, 0.6) is 0 Å². The van der Waals surface area contributed by atoms with Crippen LogP contribution >= 0.6 is 0 Å². The Labute approximate surface area is 127 Å². The van der Waals surface area contributed by atoms with Crippen molar-refractivity contribution in [2.45, 2.75) is 76.3 Å². The number of nitrogens with zero attached hydrogens (tertiary/aromatic N) is 2. The van der Waals surface area contributed by atoms with E-state index in [4.69, 9.17) is 0 Å². The molecule has 0 aromatic carbocycles. The lowest BCUT2D eigenvalue weighted by atomic mass is 10.1. The van der Waals surface area contributed by atoms with Crippen molar-refractivity contribution in [2.75, 3.05) is 13.6 Å². The van der Waals surface area contributed by atoms with Gasteiger partial charge in [-0.15, -0.1) is 0 Å². The zero-order chi connectivity index (χ0) is 15.2. The van der Waals surface area contributed by atoms with Crippen LogP contribution in [-0.4, -0.2) is 52.6 Å². The van der Waals surface area contributed by atoms with Gasteiger partial charge in [0.05, 0.1) is 0 Å². The zero-order valence-corrected chi connectivity index (χ0v) is 13.1. The van der Waals surface area contributed by atoms with Crippen LogP contribution in [0.4, 0.5) is 4.79 Å². The molecule has 0 radical (unpaired) electrons. The molecule has 2 amide bonds. The lowest BCUT2D eigenvalue weighted by molar-refractivity contribution is -0.142. The molecule has 0 aromatic rings. The first-order valence-corrected chi connectivity index (χ1v) is 8.37. The second kappa shape index (κ2) is 7.66. The number of carboxylic acid groups (broad SMARTS) is 1. The first-order valence-electron chi connectivity index (χ1n) is 8.37. The van der Waals surface area contributed by atoms with Crippen LogP contribution in [0.2, 0.25) is 0 Å². The third-order valence-corrected chi connectivity index (χ3v) is 4.96. The normalized spacial score (nSPS) is 25.0. The second-order valence-corrected chi connectivity index (χ2v) is 6.44. The van der Waals surface area contributed by atoms with Crippen LogP contribution < -0.4 is 0 Å². The maximum Gasteiger partial charge on any atom is 0.326 e. The summed E-state index contributed by atoms with van der Waals surface area (Å²) in [6.07, 6.45) is 10.3. The molecule has 2 aliphatic rings. The molecule has 5 nitrogen and oxygen atoms in total. The minimum atomic E-state index is -0.862. The van der Waals surface area contributed by atoms with Gasteiger partial charge in [-0.2, -0.15) is 0 Å². The third kappa shape index (κ3) is 4.11. The van der Waals surface area contributed by atoms with Crippen LogP contribution in [0.25, 0.3) is 0 Å². The largest absolute Gasteiger partial charge is 0.480 e. The summed E-state index contributed by atoms with van der Waals surface area (Å²) in [5.41, 5.74) is 0. The quantitative estimate of drug-likeness (QED) is 0.797. The minimum absolute atomic E-state index is 0.0869. The van der Waals surface area contributed by atoms with E-state index in [0.717, 1.165) is 32.1 Å². The standard InChI is InChI=1S/C16H28N2O3/c1-17(13-9-5-2-3-6-10-13)16(21)18-12-8-4-7-11-14(18)15(19)20/h13-14H,2-12H2,1H3,(H,19,20). The molecule has 0 spiro atoms. The number of carboxylic acids is 1. The average molecular weight is 296 g/mol. The summed E-state index contributed by atoms with van der Waals surface area (Å²) >= 11 is 0. The van der Waals surface area contributed by atoms with E-state index >= 15 is 0 Å². The van der Waals surface area contributed by atoms with E-state index in [1.807, 2.05) is 11.9 Å². The molecule has 1 saturated heterocycles. The molecule has 1 unspecified atom stereocenters. The number of aliphatic carboxylic acids is 1. The molecule has 1 saturated carbocycles. The molecule has 1 atom stereocenters. The lowest BCUT2D eigenvalue weighted by Gasteiger charge is -2.35. The number of hydrogen-bond donors (Lipinski definition) is 1. The molecule has 21 heavy (non-hydrogen) atoms. The second-order valence-electron chi connectivity index (χ2n) is 6.44. The molecule has 5 heteroatoms. The lowest BCUT2D eigenvalue weighted by Crippen LogP contribution is -2.52. The molecule has 120 valence electrons. The van der Waals surface area contributed by atoms with E-state index < -0.39 is 12.0 Å². The van der Waals surface area contributed by atoms with Crippen LogP contribution in [0.1, 0.15) is 64.2 Å². The highest BCUT2D eigenvalue weighted by Gasteiger charge is 2.34. The van der Waals surface area contributed by atoms with E-state index in [2.05, 4.69) is 0 Å². The minimum Gasteiger partial charge on any atom is -0.480 e. The van der Waals surface area contributed by atoms with E-state index in [9.17, 15) is 14.7 Å². The highest BCUT2D eigenvalue weighted by molar-refractivity contribution is 5.82. The fraction of sp³-hybridized carbons (Fsp3) is 0.875. The highest BCUT2D eigenvalue weighted by atomic mass is 16.4. The Morgan fingerprint density at radius 3 is 2.14 bits per heavy atom. The van der Waals surface area contributed by atoms with Crippen molar-refractivity contribution >= 4 is 12.0 Å². The Morgan fingerprint density at radius 1 is 0.952 bits per heavy atom. The van der Waals surface area contributed by atoms with Crippen molar-refractivity contribution in [3.05, 3.63) is 0 Å². The highest BCUT2D eigenvalue weighted by Crippen LogP contribution is 2.24. The van der Waals surface area contributed by atoms with Crippen molar-refractivity contribution in [3.63, 3.8) is 0 Å². The van der Waals surface area contributed by atoms with Crippen LogP contribution in [0.15, 0.2) is 0 Å². The molecule has 1 aliphatic heterocycles. The molecule has 0 aromatic heterocycles. The Hall–Kier alpha value is -1.26. The third-order valence-electron chi connectivity index (χ3n) is 4.96. The molecule has 2 rings (SSSR count). The van der Waals surface area contributed by atoms with Gasteiger partial charge in [0.15, 0.2) is 0 Å². The zero-order valence-electron chi connectivity index (χ0n) is 13.1.